The molecule has 1 unspecified atom stereocenters. The zero-order valence-corrected chi connectivity index (χ0v) is 16.0. The van der Waals surface area contributed by atoms with Crippen molar-refractivity contribution in [1.29, 1.82) is 0 Å². The highest BCUT2D eigenvalue weighted by molar-refractivity contribution is 6.01. The molecule has 0 aliphatic carbocycles. The average Bonchev–Trinajstić information content (AvgIpc) is 2.75. The molecule has 152 valence electrons. The smallest absolute Gasteiger partial charge is 0.256 e. The first-order valence-electron chi connectivity index (χ1n) is 9.12. The lowest BCUT2D eigenvalue weighted by molar-refractivity contribution is 0.0828. The van der Waals surface area contributed by atoms with E-state index < -0.39 is 24.0 Å². The van der Waals surface area contributed by atoms with Gasteiger partial charge >= 0.3 is 0 Å². The fraction of sp³-hybridized carbons (Fsp3) is 0.0455. The van der Waals surface area contributed by atoms with Gasteiger partial charge in [0.15, 0.2) is 6.29 Å². The Morgan fingerprint density at radius 3 is 1.70 bits per heavy atom. The molecule has 0 saturated carbocycles. The average molecular weight is 403 g/mol. The minimum Gasteiger partial charge on any atom is -0.399 e. The van der Waals surface area contributed by atoms with Crippen molar-refractivity contribution in [2.75, 3.05) is 11.5 Å². The molecule has 3 aromatic carbocycles. The number of para-hydroxylation sites is 1. The summed E-state index contributed by atoms with van der Waals surface area (Å²) in [6, 6.07) is 21.1. The quantitative estimate of drug-likeness (QED) is 0.315. The summed E-state index contributed by atoms with van der Waals surface area (Å²) in [5.74, 6) is -1.53. The van der Waals surface area contributed by atoms with Gasteiger partial charge in [-0.1, -0.05) is 30.3 Å². The Morgan fingerprint density at radius 2 is 1.10 bits per heavy atom. The van der Waals surface area contributed by atoms with Crippen molar-refractivity contribution in [3.63, 3.8) is 0 Å². The predicted molar refractivity (Wildman–Crippen MR) is 114 cm³/mol. The molecule has 0 aliphatic rings. The zero-order valence-electron chi connectivity index (χ0n) is 16.0. The van der Waals surface area contributed by atoms with Gasteiger partial charge in [-0.3, -0.25) is 14.4 Å². The van der Waals surface area contributed by atoms with Crippen LogP contribution < -0.4 is 27.4 Å². The molecule has 7 N–H and O–H groups in total. The van der Waals surface area contributed by atoms with E-state index in [1.54, 1.807) is 66.7 Å². The number of nitrogens with one attached hydrogen (secondary N) is 3. The van der Waals surface area contributed by atoms with Gasteiger partial charge in [-0.05, 0) is 48.5 Å². The fourth-order valence-corrected chi connectivity index (χ4v) is 2.67. The number of nitrogen functional groups attached to an aromatic ring is 2. The number of nitrogens with two attached hydrogens (primary N) is 2. The molecule has 0 fully saturated rings. The van der Waals surface area contributed by atoms with Gasteiger partial charge in [-0.15, -0.1) is 0 Å². The SMILES string of the molecule is Nc1ccc(C(=O)NC(NC(=O)c2ccccc2)NC(=O)c2ccccc2N)cc1. The van der Waals surface area contributed by atoms with Gasteiger partial charge in [-0.2, -0.15) is 0 Å². The number of amides is 3. The van der Waals surface area contributed by atoms with E-state index in [0.717, 1.165) is 0 Å². The van der Waals surface area contributed by atoms with Crippen LogP contribution in [0.3, 0.4) is 0 Å². The molecule has 8 nitrogen and oxygen atoms in total. The Labute approximate surface area is 173 Å². The Morgan fingerprint density at radius 1 is 0.600 bits per heavy atom. The lowest BCUT2D eigenvalue weighted by atomic mass is 10.1. The minimum atomic E-state index is -1.19. The van der Waals surface area contributed by atoms with Crippen molar-refractivity contribution in [3.8, 4) is 0 Å². The van der Waals surface area contributed by atoms with Crippen molar-refractivity contribution in [2.45, 2.75) is 6.29 Å². The third-order valence-corrected chi connectivity index (χ3v) is 4.24. The third kappa shape index (κ3) is 5.14. The lowest BCUT2D eigenvalue weighted by Crippen LogP contribution is -2.58. The van der Waals surface area contributed by atoms with Crippen LogP contribution >= 0.6 is 0 Å². The second-order valence-corrected chi connectivity index (χ2v) is 6.43. The highest BCUT2D eigenvalue weighted by atomic mass is 16.2. The molecule has 3 aromatic rings. The molecule has 0 bridgehead atoms. The lowest BCUT2D eigenvalue weighted by Gasteiger charge is -2.22. The van der Waals surface area contributed by atoms with Gasteiger partial charge in [0.2, 0.25) is 0 Å². The maximum Gasteiger partial charge on any atom is 0.256 e. The molecular formula is C22H21N5O3. The normalized spacial score (nSPS) is 11.2. The van der Waals surface area contributed by atoms with Gasteiger partial charge in [0.1, 0.15) is 0 Å². The monoisotopic (exact) mass is 403 g/mol. The maximum absolute atomic E-state index is 12.6. The van der Waals surface area contributed by atoms with Gasteiger partial charge in [-0.25, -0.2) is 0 Å². The highest BCUT2D eigenvalue weighted by Gasteiger charge is 2.20. The summed E-state index contributed by atoms with van der Waals surface area (Å²) in [5, 5.41) is 7.77. The van der Waals surface area contributed by atoms with Crippen LogP contribution in [-0.4, -0.2) is 24.0 Å². The second kappa shape index (κ2) is 9.24. The van der Waals surface area contributed by atoms with E-state index in [2.05, 4.69) is 16.0 Å². The molecule has 3 rings (SSSR count). The second-order valence-electron chi connectivity index (χ2n) is 6.43. The Hall–Kier alpha value is -4.33. The largest absolute Gasteiger partial charge is 0.399 e. The van der Waals surface area contributed by atoms with E-state index in [0.29, 0.717) is 16.8 Å². The molecule has 0 aliphatic heterocycles. The summed E-state index contributed by atoms with van der Waals surface area (Å²) in [6.45, 7) is 0. The van der Waals surface area contributed by atoms with Crippen molar-refractivity contribution >= 4 is 29.1 Å². The van der Waals surface area contributed by atoms with Crippen LogP contribution in [0.15, 0.2) is 78.9 Å². The van der Waals surface area contributed by atoms with Crippen LogP contribution in [-0.2, 0) is 0 Å². The summed E-state index contributed by atoms with van der Waals surface area (Å²) in [7, 11) is 0. The van der Waals surface area contributed by atoms with Crippen molar-refractivity contribution in [2.24, 2.45) is 0 Å². The Bertz CT molecular complexity index is 1050. The zero-order chi connectivity index (χ0) is 21.5. The third-order valence-electron chi connectivity index (χ3n) is 4.24. The number of carbonyl (C=O) groups excluding carboxylic acids is 3. The molecule has 30 heavy (non-hydrogen) atoms. The summed E-state index contributed by atoms with van der Waals surface area (Å²) in [6.07, 6.45) is -1.19. The van der Waals surface area contributed by atoms with Crippen LogP contribution in [0.25, 0.3) is 0 Å². The van der Waals surface area contributed by atoms with Crippen LogP contribution in [0, 0.1) is 0 Å². The first kappa shape index (κ1) is 20.4. The van der Waals surface area contributed by atoms with Gasteiger partial charge in [0, 0.05) is 22.5 Å². The van der Waals surface area contributed by atoms with Crippen LogP contribution in [0.1, 0.15) is 31.1 Å². The molecule has 0 aromatic heterocycles. The van der Waals surface area contributed by atoms with E-state index in [-0.39, 0.29) is 11.3 Å². The van der Waals surface area contributed by atoms with E-state index in [4.69, 9.17) is 11.5 Å². The number of rotatable bonds is 6. The molecule has 0 spiro atoms. The van der Waals surface area contributed by atoms with Gasteiger partial charge in [0.25, 0.3) is 17.7 Å². The number of hydrogen-bond donors (Lipinski definition) is 5. The number of anilines is 2. The maximum atomic E-state index is 12.6. The van der Waals surface area contributed by atoms with Gasteiger partial charge in [0.05, 0.1) is 5.56 Å². The van der Waals surface area contributed by atoms with Crippen LogP contribution in [0.4, 0.5) is 11.4 Å². The standard InChI is InChI=1S/C22H21N5O3/c23-16-12-10-15(11-13-16)20(29)26-22(25-19(28)14-6-2-1-3-7-14)27-21(30)17-8-4-5-9-18(17)24/h1-13,22H,23-24H2,(H,25,28)(H,26,29)(H,27,30). The molecule has 0 saturated heterocycles. The van der Waals surface area contributed by atoms with Crippen molar-refractivity contribution in [1.82, 2.24) is 16.0 Å². The molecule has 3 amide bonds. The van der Waals surface area contributed by atoms with Crippen molar-refractivity contribution < 1.29 is 14.4 Å². The molecule has 0 radical (unpaired) electrons. The van der Waals surface area contributed by atoms with E-state index >= 15 is 0 Å². The first-order chi connectivity index (χ1) is 14.4. The van der Waals surface area contributed by atoms with Crippen LogP contribution in [0.5, 0.6) is 0 Å². The minimum absolute atomic E-state index is 0.221. The summed E-state index contributed by atoms with van der Waals surface area (Å²) < 4.78 is 0. The van der Waals surface area contributed by atoms with E-state index in [9.17, 15) is 14.4 Å². The molecule has 1 atom stereocenters. The van der Waals surface area contributed by atoms with Crippen molar-refractivity contribution in [3.05, 3.63) is 95.6 Å². The van der Waals surface area contributed by atoms with Crippen LogP contribution in [0.2, 0.25) is 0 Å². The molecule has 0 heterocycles. The first-order valence-corrected chi connectivity index (χ1v) is 9.12. The highest BCUT2D eigenvalue weighted by Crippen LogP contribution is 2.10. The summed E-state index contributed by atoms with van der Waals surface area (Å²) >= 11 is 0. The van der Waals surface area contributed by atoms with E-state index in [1.165, 1.54) is 12.1 Å². The van der Waals surface area contributed by atoms with E-state index in [1.807, 2.05) is 0 Å². The predicted octanol–water partition coefficient (Wildman–Crippen LogP) is 1.72. The summed E-state index contributed by atoms with van der Waals surface area (Å²) in [4.78, 5) is 37.8. The number of benzene rings is 3. The Balaban J connectivity index is 1.79. The number of carbonyl (C=O) groups is 3. The fourth-order valence-electron chi connectivity index (χ4n) is 2.67. The summed E-state index contributed by atoms with van der Waals surface area (Å²) in [5.41, 5.74) is 13.2. The topological polar surface area (TPSA) is 139 Å². The number of hydrogen-bond acceptors (Lipinski definition) is 5. The molecular weight excluding hydrogens is 382 g/mol. The van der Waals surface area contributed by atoms with Gasteiger partial charge < -0.3 is 27.4 Å². The molecule has 8 heteroatoms. The Kier molecular flexibility index (Phi) is 6.29.